The SMILES string of the molecule is CN1CCN(C2CCc3c(n(-c4ccc(F)cc4)c4s[nH]c(=O)c4c3=O)C2)CC1. The van der Waals surface area contributed by atoms with Crippen molar-refractivity contribution in [3.8, 4) is 5.69 Å². The molecule has 6 nitrogen and oxygen atoms in total. The number of piperazine rings is 1. The predicted octanol–water partition coefficient (Wildman–Crippen LogP) is 1.98. The van der Waals surface area contributed by atoms with Gasteiger partial charge in [0.2, 0.25) is 0 Å². The summed E-state index contributed by atoms with van der Waals surface area (Å²) in [4.78, 5) is 30.9. The average Bonchev–Trinajstić information content (AvgIpc) is 3.11. The van der Waals surface area contributed by atoms with E-state index in [0.717, 1.165) is 56.0 Å². The van der Waals surface area contributed by atoms with Crippen molar-refractivity contribution in [2.45, 2.75) is 25.3 Å². The molecule has 1 atom stereocenters. The molecule has 2 aromatic heterocycles. The predicted molar refractivity (Wildman–Crippen MR) is 113 cm³/mol. The van der Waals surface area contributed by atoms with Crippen LogP contribution in [0.2, 0.25) is 0 Å². The summed E-state index contributed by atoms with van der Waals surface area (Å²) in [5, 5.41) is 0.219. The average molecular weight is 415 g/mol. The Labute approximate surface area is 171 Å². The van der Waals surface area contributed by atoms with Gasteiger partial charge in [0.15, 0.2) is 5.43 Å². The summed E-state index contributed by atoms with van der Waals surface area (Å²) in [5.41, 5.74) is 1.99. The lowest BCUT2D eigenvalue weighted by atomic mass is 9.89. The summed E-state index contributed by atoms with van der Waals surface area (Å²) in [7, 11) is 2.14. The van der Waals surface area contributed by atoms with Crippen molar-refractivity contribution in [1.29, 1.82) is 0 Å². The van der Waals surface area contributed by atoms with Gasteiger partial charge in [-0.05, 0) is 55.7 Å². The van der Waals surface area contributed by atoms with E-state index in [0.29, 0.717) is 17.3 Å². The van der Waals surface area contributed by atoms with Gasteiger partial charge in [0.05, 0.1) is 0 Å². The fourth-order valence-corrected chi connectivity index (χ4v) is 5.55. The van der Waals surface area contributed by atoms with Crippen molar-refractivity contribution in [2.75, 3.05) is 33.2 Å². The maximum Gasteiger partial charge on any atom is 0.271 e. The Bertz CT molecular complexity index is 1170. The lowest BCUT2D eigenvalue weighted by Gasteiger charge is -2.40. The quantitative estimate of drug-likeness (QED) is 0.697. The molecule has 0 amide bonds. The number of rotatable bonds is 2. The molecule has 1 aliphatic heterocycles. The first kappa shape index (κ1) is 18.7. The van der Waals surface area contributed by atoms with Gasteiger partial charge < -0.3 is 9.47 Å². The van der Waals surface area contributed by atoms with Crippen molar-refractivity contribution in [1.82, 2.24) is 18.7 Å². The molecule has 1 aliphatic carbocycles. The third-order valence-corrected chi connectivity index (χ3v) is 7.17. The summed E-state index contributed by atoms with van der Waals surface area (Å²) < 4.78 is 18.2. The number of aromatic amines is 1. The fraction of sp³-hybridized carbons (Fsp3) is 0.429. The van der Waals surface area contributed by atoms with E-state index in [2.05, 4.69) is 21.2 Å². The summed E-state index contributed by atoms with van der Waals surface area (Å²) in [6.45, 7) is 4.15. The molecule has 152 valence electrons. The first-order chi connectivity index (χ1) is 14.0. The van der Waals surface area contributed by atoms with Crippen LogP contribution >= 0.6 is 11.5 Å². The van der Waals surface area contributed by atoms with Gasteiger partial charge in [-0.1, -0.05) is 0 Å². The van der Waals surface area contributed by atoms with Crippen LogP contribution in [0.15, 0.2) is 33.9 Å². The van der Waals surface area contributed by atoms with E-state index in [4.69, 9.17) is 0 Å². The number of benzene rings is 1. The van der Waals surface area contributed by atoms with Crippen LogP contribution in [0.3, 0.4) is 0 Å². The lowest BCUT2D eigenvalue weighted by molar-refractivity contribution is 0.103. The van der Waals surface area contributed by atoms with Crippen LogP contribution in [0.1, 0.15) is 17.7 Å². The van der Waals surface area contributed by atoms with Crippen LogP contribution in [-0.2, 0) is 12.8 Å². The fourth-order valence-electron chi connectivity index (χ4n) is 4.66. The number of nitrogens with one attached hydrogen (secondary N) is 1. The molecule has 1 fully saturated rings. The number of H-pyrrole nitrogens is 1. The molecular formula is C21H23FN4O2S. The zero-order valence-electron chi connectivity index (χ0n) is 16.3. The van der Waals surface area contributed by atoms with E-state index in [9.17, 15) is 14.0 Å². The molecule has 1 saturated heterocycles. The zero-order chi connectivity index (χ0) is 20.1. The van der Waals surface area contributed by atoms with Crippen molar-refractivity contribution < 1.29 is 4.39 Å². The highest BCUT2D eigenvalue weighted by Gasteiger charge is 2.31. The number of fused-ring (bicyclic) bond motifs is 2. The molecule has 1 N–H and O–H groups in total. The summed E-state index contributed by atoms with van der Waals surface area (Å²) in [5.74, 6) is -0.308. The van der Waals surface area contributed by atoms with Gasteiger partial charge in [-0.2, -0.15) is 0 Å². The smallest absolute Gasteiger partial charge is 0.271 e. The molecule has 1 aromatic carbocycles. The second-order valence-electron chi connectivity index (χ2n) is 8.02. The normalized spacial score (nSPS) is 20.8. The molecule has 5 rings (SSSR count). The van der Waals surface area contributed by atoms with Gasteiger partial charge in [0, 0.05) is 55.6 Å². The number of hydrogen-bond donors (Lipinski definition) is 1. The van der Waals surface area contributed by atoms with Crippen molar-refractivity contribution in [3.05, 3.63) is 61.9 Å². The van der Waals surface area contributed by atoms with Crippen LogP contribution in [0, 0.1) is 5.82 Å². The van der Waals surface area contributed by atoms with Crippen molar-refractivity contribution in [2.24, 2.45) is 0 Å². The van der Waals surface area contributed by atoms with Crippen LogP contribution in [-0.4, -0.2) is 58.0 Å². The second kappa shape index (κ2) is 7.19. The third kappa shape index (κ3) is 3.15. The van der Waals surface area contributed by atoms with Gasteiger partial charge in [-0.15, -0.1) is 0 Å². The minimum absolute atomic E-state index is 0.146. The Morgan fingerprint density at radius 1 is 1.10 bits per heavy atom. The third-order valence-electron chi connectivity index (χ3n) is 6.30. The van der Waals surface area contributed by atoms with Gasteiger partial charge in [-0.25, -0.2) is 4.39 Å². The standard InChI is InChI=1S/C21H23FN4O2S/c1-24-8-10-25(11-9-24)15-6-7-16-17(12-15)26(14-4-2-13(22)3-5-14)21-18(19(16)27)20(28)23-29-21/h2-5,15H,6-12H2,1H3,(H,23,28). The van der Waals surface area contributed by atoms with Crippen molar-refractivity contribution in [3.63, 3.8) is 0 Å². The zero-order valence-corrected chi connectivity index (χ0v) is 17.1. The number of halogens is 1. The monoisotopic (exact) mass is 414 g/mol. The Hall–Kier alpha value is -2.29. The maximum absolute atomic E-state index is 13.5. The van der Waals surface area contributed by atoms with Crippen LogP contribution in [0.5, 0.6) is 0 Å². The van der Waals surface area contributed by atoms with Crippen LogP contribution in [0.25, 0.3) is 15.9 Å². The lowest BCUT2D eigenvalue weighted by Crippen LogP contribution is -2.51. The summed E-state index contributed by atoms with van der Waals surface area (Å²) >= 11 is 1.18. The number of aromatic nitrogens is 2. The molecule has 2 aliphatic rings. The maximum atomic E-state index is 13.5. The van der Waals surface area contributed by atoms with Crippen LogP contribution in [0.4, 0.5) is 4.39 Å². The Morgan fingerprint density at radius 3 is 2.55 bits per heavy atom. The van der Waals surface area contributed by atoms with E-state index in [1.54, 1.807) is 12.1 Å². The molecule has 0 radical (unpaired) electrons. The topological polar surface area (TPSA) is 61.3 Å². The summed E-state index contributed by atoms with van der Waals surface area (Å²) in [6.07, 6.45) is 2.34. The van der Waals surface area contributed by atoms with Gasteiger partial charge >= 0.3 is 0 Å². The van der Waals surface area contributed by atoms with E-state index < -0.39 is 0 Å². The van der Waals surface area contributed by atoms with Gasteiger partial charge in [0.1, 0.15) is 16.0 Å². The Balaban J connectivity index is 1.66. The largest absolute Gasteiger partial charge is 0.304 e. The molecule has 1 unspecified atom stereocenters. The van der Waals surface area contributed by atoms with E-state index in [1.807, 2.05) is 4.57 Å². The van der Waals surface area contributed by atoms with Crippen LogP contribution < -0.4 is 11.0 Å². The molecule has 0 spiro atoms. The highest BCUT2D eigenvalue weighted by Crippen LogP contribution is 2.30. The molecule has 29 heavy (non-hydrogen) atoms. The number of pyridine rings is 1. The molecule has 0 bridgehead atoms. The molecular weight excluding hydrogens is 391 g/mol. The van der Waals surface area contributed by atoms with Gasteiger partial charge in [0.25, 0.3) is 5.56 Å². The first-order valence-electron chi connectivity index (χ1n) is 9.99. The summed E-state index contributed by atoms with van der Waals surface area (Å²) in [6, 6.07) is 6.63. The van der Waals surface area contributed by atoms with Gasteiger partial charge in [-0.3, -0.25) is 18.9 Å². The van der Waals surface area contributed by atoms with E-state index in [-0.39, 0.29) is 22.2 Å². The molecule has 0 saturated carbocycles. The van der Waals surface area contributed by atoms with E-state index >= 15 is 0 Å². The second-order valence-corrected chi connectivity index (χ2v) is 8.81. The number of nitrogens with zero attached hydrogens (tertiary/aromatic N) is 3. The molecule has 3 heterocycles. The minimum Gasteiger partial charge on any atom is -0.304 e. The molecule has 3 aromatic rings. The minimum atomic E-state index is -0.338. The van der Waals surface area contributed by atoms with E-state index in [1.165, 1.54) is 23.7 Å². The number of likely N-dealkylation sites (N-methyl/N-ethyl adjacent to an activating group) is 1. The molecule has 8 heteroatoms. The number of hydrogen-bond acceptors (Lipinski definition) is 5. The Morgan fingerprint density at radius 2 is 1.83 bits per heavy atom. The first-order valence-corrected chi connectivity index (χ1v) is 10.8. The van der Waals surface area contributed by atoms with Crippen molar-refractivity contribution >= 4 is 21.7 Å². The Kier molecular flexibility index (Phi) is 4.64. The highest BCUT2D eigenvalue weighted by molar-refractivity contribution is 7.12. The highest BCUT2D eigenvalue weighted by atomic mass is 32.1.